The molecule has 5 heterocycles. The van der Waals surface area contributed by atoms with Crippen molar-refractivity contribution in [2.75, 3.05) is 51.2 Å². The minimum absolute atomic E-state index is 0.0845. The molecule has 0 bridgehead atoms. The zero-order valence-corrected chi connectivity index (χ0v) is 40.4. The van der Waals surface area contributed by atoms with Crippen molar-refractivity contribution < 1.29 is 37.9 Å². The number of nitrogens with zero attached hydrogens (tertiary/aromatic N) is 6. The van der Waals surface area contributed by atoms with Crippen molar-refractivity contribution in [3.8, 4) is 12.1 Å². The van der Waals surface area contributed by atoms with Gasteiger partial charge in [0.05, 0.1) is 12.1 Å². The maximum atomic E-state index is 14.6. The molecule has 3 N–H and O–H groups in total. The number of hydrogen-bond donors (Lipinski definition) is 3. The van der Waals surface area contributed by atoms with Gasteiger partial charge in [-0.3, -0.25) is 28.9 Å². The van der Waals surface area contributed by atoms with Crippen molar-refractivity contribution >= 4 is 59.0 Å². The van der Waals surface area contributed by atoms with E-state index in [1.54, 1.807) is 4.90 Å². The lowest BCUT2D eigenvalue weighted by molar-refractivity contribution is -0.135. The van der Waals surface area contributed by atoms with Crippen LogP contribution in [0.1, 0.15) is 74.0 Å². The van der Waals surface area contributed by atoms with Crippen molar-refractivity contribution in [3.05, 3.63) is 106 Å². The summed E-state index contributed by atoms with van der Waals surface area (Å²) in [7, 11) is 2.02. The van der Waals surface area contributed by atoms with Crippen molar-refractivity contribution in [1.82, 2.24) is 30.7 Å². The van der Waals surface area contributed by atoms with Crippen LogP contribution in [0.25, 0.3) is 6.08 Å². The van der Waals surface area contributed by atoms with E-state index in [0.717, 1.165) is 30.3 Å². The molecule has 5 aliphatic heterocycles. The molecule has 71 heavy (non-hydrogen) atoms. The maximum Gasteiger partial charge on any atom is 0.410 e. The molecule has 8 atom stereocenters. The number of rotatable bonds is 15. The fraction of sp³-hybridized carbons (Fsp3) is 0.472. The van der Waals surface area contributed by atoms with Gasteiger partial charge in [-0.1, -0.05) is 60.1 Å². The van der Waals surface area contributed by atoms with Gasteiger partial charge in [0.25, 0.3) is 0 Å². The third kappa shape index (κ3) is 12.4. The molecule has 372 valence electrons. The molecule has 18 heteroatoms. The predicted molar refractivity (Wildman–Crippen MR) is 261 cm³/mol. The summed E-state index contributed by atoms with van der Waals surface area (Å²) in [6.45, 7) is 2.96. The Kier molecular flexibility index (Phi) is 16.3. The molecule has 0 aromatic heterocycles. The first-order chi connectivity index (χ1) is 34.3. The van der Waals surface area contributed by atoms with Crippen LogP contribution in [0.5, 0.6) is 0 Å². The molecule has 0 spiro atoms. The first kappa shape index (κ1) is 50.6. The first-order valence-corrected chi connectivity index (χ1v) is 24.9. The minimum Gasteiger partial charge on any atom is -0.446 e. The molecule has 6 amide bonds. The molecular weight excluding hydrogens is 929 g/mol. The Morgan fingerprint density at radius 2 is 1.55 bits per heavy atom. The molecule has 3 aromatic rings. The van der Waals surface area contributed by atoms with Crippen LogP contribution in [0.2, 0.25) is 5.02 Å². The number of nitriles is 2. The number of anilines is 1. The second-order valence-corrected chi connectivity index (χ2v) is 19.9. The largest absolute Gasteiger partial charge is 0.446 e. The van der Waals surface area contributed by atoms with Gasteiger partial charge in [0.1, 0.15) is 36.1 Å². The van der Waals surface area contributed by atoms with Gasteiger partial charge < -0.3 is 35.4 Å². The van der Waals surface area contributed by atoms with Crippen LogP contribution in [0, 0.1) is 46.2 Å². The van der Waals surface area contributed by atoms with Gasteiger partial charge >= 0.3 is 6.09 Å². The predicted octanol–water partition coefficient (Wildman–Crippen LogP) is 5.33. The summed E-state index contributed by atoms with van der Waals surface area (Å²) in [6.07, 6.45) is 5.41. The van der Waals surface area contributed by atoms with E-state index < -0.39 is 65.6 Å². The minimum atomic E-state index is -0.992. The molecule has 0 radical (unpaired) electrons. The third-order valence-electron chi connectivity index (χ3n) is 14.6. The van der Waals surface area contributed by atoms with E-state index in [1.807, 2.05) is 61.6 Å². The summed E-state index contributed by atoms with van der Waals surface area (Å²) in [5, 5.41) is 28.8. The molecular formula is C53H59ClFN9O7. The van der Waals surface area contributed by atoms with Gasteiger partial charge in [0, 0.05) is 79.4 Å². The van der Waals surface area contributed by atoms with Crippen LogP contribution in [0.4, 0.5) is 14.9 Å². The van der Waals surface area contributed by atoms with Crippen molar-refractivity contribution in [2.45, 2.75) is 94.0 Å². The number of nitrogens with one attached hydrogen (secondary N) is 3. The Morgan fingerprint density at radius 1 is 0.845 bits per heavy atom. The van der Waals surface area contributed by atoms with E-state index in [4.69, 9.17) is 16.3 Å². The number of carbonyl (C=O) groups is 6. The third-order valence-corrected chi connectivity index (χ3v) is 14.8. The molecule has 3 aromatic carbocycles. The summed E-state index contributed by atoms with van der Waals surface area (Å²) in [4.78, 5) is 88.4. The van der Waals surface area contributed by atoms with Crippen molar-refractivity contribution in [2.24, 2.45) is 17.8 Å². The van der Waals surface area contributed by atoms with E-state index in [1.165, 1.54) is 34.1 Å². The fourth-order valence-corrected chi connectivity index (χ4v) is 10.8. The Bertz CT molecular complexity index is 2600. The number of benzene rings is 3. The lowest BCUT2D eigenvalue weighted by Gasteiger charge is -2.31. The Morgan fingerprint density at radius 3 is 2.23 bits per heavy atom. The fourth-order valence-electron chi connectivity index (χ4n) is 10.7. The number of likely N-dealkylation sites (tertiary alicyclic amines) is 3. The standard InChI is InChI=1S/C53H59ClFN9O7/c1-61-19-16-44(17-20-61)71-53(70)64-32-39(35-7-3-2-4-8-35)27-47(64)51(68)60-42(30-57)26-38-15-21-62(52(38)69)43-9-5-6-33(23-43)22-34-24-46(50(67)59-41(29-56)25-37-14-18-58-49(37)66)63(31-34)48(65)13-11-36-10-12-40(54)28-45(36)55/h2-13,23,28,34,37-39,41-42,44,46-47H,14-22,24-27,31-32H2,1H3,(H,58,66)(H,59,67)(H,60,68)/b13-11+. The Balaban J connectivity index is 0.905. The van der Waals surface area contributed by atoms with E-state index in [2.05, 4.69) is 33.0 Å². The van der Waals surface area contributed by atoms with Crippen LogP contribution >= 0.6 is 11.6 Å². The topological polar surface area (TPSA) is 208 Å². The zero-order valence-electron chi connectivity index (χ0n) is 39.7. The normalized spacial score (nSPS) is 24.6. The summed E-state index contributed by atoms with van der Waals surface area (Å²) >= 11 is 5.92. The van der Waals surface area contributed by atoms with Crippen molar-refractivity contribution in [3.63, 3.8) is 0 Å². The number of piperidine rings is 1. The highest BCUT2D eigenvalue weighted by molar-refractivity contribution is 6.30. The average Bonchev–Trinajstić information content (AvgIpc) is 4.18. The Labute approximate surface area is 418 Å². The van der Waals surface area contributed by atoms with Gasteiger partial charge in [-0.2, -0.15) is 10.5 Å². The molecule has 8 rings (SSSR count). The summed E-state index contributed by atoms with van der Waals surface area (Å²) in [5.74, 6) is -3.80. The van der Waals surface area contributed by atoms with Gasteiger partial charge in [0.2, 0.25) is 29.5 Å². The summed E-state index contributed by atoms with van der Waals surface area (Å²) in [6, 6.07) is 21.7. The molecule has 5 saturated heterocycles. The van der Waals surface area contributed by atoms with Crippen LogP contribution in [-0.2, 0) is 35.1 Å². The average molecular weight is 989 g/mol. The smallest absolute Gasteiger partial charge is 0.410 e. The van der Waals surface area contributed by atoms with Gasteiger partial charge in [-0.25, -0.2) is 9.18 Å². The second kappa shape index (κ2) is 22.9. The monoisotopic (exact) mass is 987 g/mol. The number of hydrogen-bond acceptors (Lipinski definition) is 10. The quantitative estimate of drug-likeness (QED) is 0.167. The van der Waals surface area contributed by atoms with E-state index in [0.29, 0.717) is 63.8 Å². The SMILES string of the molecule is CN1CCC(OC(=O)N2CC(c3ccccc3)CC2C(=O)NC(C#N)CC2CCN(c3cccc(CC4CC(C(=O)NC(C#N)CC5CCNC5=O)N(C(=O)/C=C/c5ccc(Cl)cc5F)C4)c3)C2=O)CC1. The van der Waals surface area contributed by atoms with Gasteiger partial charge in [-0.15, -0.1) is 0 Å². The molecule has 0 aliphatic carbocycles. The molecule has 8 unspecified atom stereocenters. The van der Waals surface area contributed by atoms with E-state index >= 15 is 0 Å². The summed E-state index contributed by atoms with van der Waals surface area (Å²) < 4.78 is 20.6. The second-order valence-electron chi connectivity index (χ2n) is 19.5. The molecule has 16 nitrogen and oxygen atoms in total. The van der Waals surface area contributed by atoms with Gasteiger partial charge in [-0.05, 0) is 112 Å². The first-order valence-electron chi connectivity index (χ1n) is 24.5. The molecule has 5 fully saturated rings. The summed E-state index contributed by atoms with van der Waals surface area (Å²) in [5.41, 5.74) is 2.63. The lowest BCUT2D eigenvalue weighted by Crippen LogP contribution is -2.50. The number of halogens is 2. The van der Waals surface area contributed by atoms with E-state index in [9.17, 15) is 43.7 Å². The number of carbonyl (C=O) groups excluding carboxylic acids is 6. The van der Waals surface area contributed by atoms with Crippen molar-refractivity contribution in [1.29, 1.82) is 10.5 Å². The highest BCUT2D eigenvalue weighted by atomic mass is 35.5. The molecule has 0 saturated carbocycles. The van der Waals surface area contributed by atoms with Crippen LogP contribution in [0.15, 0.2) is 78.9 Å². The Hall–Kier alpha value is -6.82. The van der Waals surface area contributed by atoms with Crippen LogP contribution in [0.3, 0.4) is 0 Å². The molecule has 5 aliphatic rings. The van der Waals surface area contributed by atoms with Crippen LogP contribution in [-0.4, -0.2) is 127 Å². The highest BCUT2D eigenvalue weighted by Crippen LogP contribution is 2.35. The number of amides is 6. The lowest BCUT2D eigenvalue weighted by atomic mass is 9.95. The maximum absolute atomic E-state index is 14.6. The van der Waals surface area contributed by atoms with Gasteiger partial charge in [0.15, 0.2) is 0 Å². The van der Waals surface area contributed by atoms with Crippen LogP contribution < -0.4 is 20.9 Å². The zero-order chi connectivity index (χ0) is 50.2. The number of ether oxygens (including phenoxy) is 1. The van der Waals surface area contributed by atoms with E-state index in [-0.39, 0.29) is 66.1 Å². The highest BCUT2D eigenvalue weighted by Gasteiger charge is 2.44.